The SMILES string of the molecule is CC(CNCC1CCCCCC1N)c1nccs1. The van der Waals surface area contributed by atoms with Gasteiger partial charge in [0, 0.05) is 30.1 Å². The minimum Gasteiger partial charge on any atom is -0.327 e. The van der Waals surface area contributed by atoms with Crippen LogP contribution >= 0.6 is 11.3 Å². The molecule has 0 aliphatic heterocycles. The normalized spacial score (nSPS) is 26.8. The Morgan fingerprint density at radius 2 is 2.28 bits per heavy atom. The highest BCUT2D eigenvalue weighted by Gasteiger charge is 2.20. The molecule has 1 heterocycles. The third kappa shape index (κ3) is 4.04. The Morgan fingerprint density at radius 3 is 3.06 bits per heavy atom. The lowest BCUT2D eigenvalue weighted by atomic mass is 9.95. The lowest BCUT2D eigenvalue weighted by Gasteiger charge is -2.22. The molecule has 3 nitrogen and oxygen atoms in total. The van der Waals surface area contributed by atoms with Crippen molar-refractivity contribution < 1.29 is 0 Å². The lowest BCUT2D eigenvalue weighted by molar-refractivity contribution is 0.371. The van der Waals surface area contributed by atoms with E-state index in [0.29, 0.717) is 17.9 Å². The highest BCUT2D eigenvalue weighted by molar-refractivity contribution is 7.09. The van der Waals surface area contributed by atoms with Gasteiger partial charge in [-0.3, -0.25) is 0 Å². The van der Waals surface area contributed by atoms with Gasteiger partial charge in [-0.1, -0.05) is 26.2 Å². The molecule has 102 valence electrons. The third-order valence-electron chi connectivity index (χ3n) is 3.95. The molecular formula is C14H25N3S. The molecule has 2 rings (SSSR count). The summed E-state index contributed by atoms with van der Waals surface area (Å²) < 4.78 is 0. The number of nitrogens with one attached hydrogen (secondary N) is 1. The maximum atomic E-state index is 6.24. The first-order valence-corrected chi connectivity index (χ1v) is 8.01. The fraction of sp³-hybridized carbons (Fsp3) is 0.786. The van der Waals surface area contributed by atoms with Gasteiger partial charge in [-0.05, 0) is 25.3 Å². The van der Waals surface area contributed by atoms with E-state index in [0.717, 1.165) is 13.1 Å². The first-order chi connectivity index (χ1) is 8.77. The first-order valence-electron chi connectivity index (χ1n) is 7.13. The summed E-state index contributed by atoms with van der Waals surface area (Å²) in [5, 5.41) is 6.87. The molecule has 3 N–H and O–H groups in total. The van der Waals surface area contributed by atoms with Gasteiger partial charge in [-0.25, -0.2) is 4.98 Å². The highest BCUT2D eigenvalue weighted by Crippen LogP contribution is 2.22. The molecule has 1 fully saturated rings. The summed E-state index contributed by atoms with van der Waals surface area (Å²) in [6, 6.07) is 0.398. The van der Waals surface area contributed by atoms with Gasteiger partial charge in [0.15, 0.2) is 0 Å². The molecule has 1 aliphatic rings. The van der Waals surface area contributed by atoms with E-state index in [2.05, 4.69) is 17.2 Å². The van der Waals surface area contributed by atoms with Crippen LogP contribution in [-0.2, 0) is 0 Å². The van der Waals surface area contributed by atoms with Gasteiger partial charge in [0.2, 0.25) is 0 Å². The molecule has 0 aromatic carbocycles. The molecule has 1 aromatic heterocycles. The van der Waals surface area contributed by atoms with E-state index < -0.39 is 0 Å². The molecule has 1 saturated carbocycles. The monoisotopic (exact) mass is 267 g/mol. The quantitative estimate of drug-likeness (QED) is 0.807. The lowest BCUT2D eigenvalue weighted by Crippen LogP contribution is -2.37. The van der Waals surface area contributed by atoms with Gasteiger partial charge in [-0.2, -0.15) is 0 Å². The molecule has 0 spiro atoms. The fourth-order valence-electron chi connectivity index (χ4n) is 2.72. The number of thiazole rings is 1. The number of nitrogens with zero attached hydrogens (tertiary/aromatic N) is 1. The Kier molecular flexibility index (Phi) is 5.60. The first kappa shape index (κ1) is 14.0. The van der Waals surface area contributed by atoms with E-state index in [1.54, 1.807) is 11.3 Å². The molecule has 1 aliphatic carbocycles. The van der Waals surface area contributed by atoms with Crippen LogP contribution in [0.5, 0.6) is 0 Å². The van der Waals surface area contributed by atoms with Crippen molar-refractivity contribution in [3.63, 3.8) is 0 Å². The van der Waals surface area contributed by atoms with Crippen LogP contribution < -0.4 is 11.1 Å². The molecule has 0 amide bonds. The second kappa shape index (κ2) is 7.22. The van der Waals surface area contributed by atoms with Crippen molar-refractivity contribution in [3.05, 3.63) is 16.6 Å². The van der Waals surface area contributed by atoms with E-state index in [9.17, 15) is 0 Å². The number of aromatic nitrogens is 1. The standard InChI is InChI=1S/C14H25N3S/c1-11(14-17-7-8-18-14)9-16-10-12-5-3-2-4-6-13(12)15/h7-8,11-13,16H,2-6,9-10,15H2,1H3. The van der Waals surface area contributed by atoms with E-state index in [1.807, 2.05) is 11.6 Å². The van der Waals surface area contributed by atoms with Crippen molar-refractivity contribution in [1.82, 2.24) is 10.3 Å². The summed E-state index contributed by atoms with van der Waals surface area (Å²) in [6.45, 7) is 4.31. The summed E-state index contributed by atoms with van der Waals surface area (Å²) in [5.74, 6) is 1.17. The van der Waals surface area contributed by atoms with Crippen LogP contribution in [0.4, 0.5) is 0 Å². The zero-order valence-electron chi connectivity index (χ0n) is 11.3. The number of hydrogen-bond acceptors (Lipinski definition) is 4. The summed E-state index contributed by atoms with van der Waals surface area (Å²) >= 11 is 1.75. The van der Waals surface area contributed by atoms with Crippen molar-refractivity contribution >= 4 is 11.3 Å². The minimum atomic E-state index is 0.398. The van der Waals surface area contributed by atoms with E-state index in [4.69, 9.17) is 5.73 Å². The third-order valence-corrected chi connectivity index (χ3v) is 4.95. The van der Waals surface area contributed by atoms with Gasteiger partial charge in [-0.15, -0.1) is 11.3 Å². The molecule has 0 saturated heterocycles. The number of hydrogen-bond donors (Lipinski definition) is 2. The van der Waals surface area contributed by atoms with Crippen LogP contribution in [0.2, 0.25) is 0 Å². The van der Waals surface area contributed by atoms with Crippen molar-refractivity contribution in [2.24, 2.45) is 11.7 Å². The van der Waals surface area contributed by atoms with Crippen molar-refractivity contribution in [3.8, 4) is 0 Å². The average molecular weight is 267 g/mol. The molecular weight excluding hydrogens is 242 g/mol. The Bertz CT molecular complexity index is 326. The summed E-state index contributed by atoms with van der Waals surface area (Å²) in [6.07, 6.45) is 8.40. The van der Waals surface area contributed by atoms with Crippen LogP contribution in [0.3, 0.4) is 0 Å². The van der Waals surface area contributed by atoms with Gasteiger partial charge in [0.25, 0.3) is 0 Å². The largest absolute Gasteiger partial charge is 0.327 e. The van der Waals surface area contributed by atoms with Gasteiger partial charge in [0.05, 0.1) is 5.01 Å². The topological polar surface area (TPSA) is 50.9 Å². The summed E-state index contributed by atoms with van der Waals surface area (Å²) in [7, 11) is 0. The molecule has 1 aromatic rings. The Hall–Kier alpha value is -0.450. The van der Waals surface area contributed by atoms with Crippen LogP contribution in [0.15, 0.2) is 11.6 Å². The summed E-state index contributed by atoms with van der Waals surface area (Å²) in [5.41, 5.74) is 6.24. The number of nitrogens with two attached hydrogens (primary N) is 1. The number of rotatable bonds is 5. The van der Waals surface area contributed by atoms with E-state index >= 15 is 0 Å². The van der Waals surface area contributed by atoms with Crippen molar-refractivity contribution in [2.75, 3.05) is 13.1 Å². The van der Waals surface area contributed by atoms with Crippen LogP contribution in [0.25, 0.3) is 0 Å². The van der Waals surface area contributed by atoms with Gasteiger partial charge >= 0.3 is 0 Å². The van der Waals surface area contributed by atoms with E-state index in [1.165, 1.54) is 37.1 Å². The van der Waals surface area contributed by atoms with Crippen molar-refractivity contribution in [1.29, 1.82) is 0 Å². The highest BCUT2D eigenvalue weighted by atomic mass is 32.1. The second-order valence-corrected chi connectivity index (χ2v) is 6.42. The fourth-order valence-corrected chi connectivity index (χ4v) is 3.42. The Morgan fingerprint density at radius 1 is 1.44 bits per heavy atom. The molecule has 0 bridgehead atoms. The van der Waals surface area contributed by atoms with Crippen LogP contribution in [0, 0.1) is 5.92 Å². The van der Waals surface area contributed by atoms with Crippen molar-refractivity contribution in [2.45, 2.75) is 51.0 Å². The summed E-state index contributed by atoms with van der Waals surface area (Å²) in [4.78, 5) is 4.37. The predicted molar refractivity (Wildman–Crippen MR) is 77.9 cm³/mol. The molecule has 3 unspecified atom stereocenters. The molecule has 0 radical (unpaired) electrons. The average Bonchev–Trinajstić information content (AvgIpc) is 2.82. The van der Waals surface area contributed by atoms with Gasteiger partial charge in [0.1, 0.15) is 0 Å². The zero-order valence-corrected chi connectivity index (χ0v) is 12.1. The molecule has 18 heavy (non-hydrogen) atoms. The van der Waals surface area contributed by atoms with Crippen LogP contribution in [0.1, 0.15) is 50.0 Å². The second-order valence-electron chi connectivity index (χ2n) is 5.49. The smallest absolute Gasteiger partial charge is 0.0965 e. The van der Waals surface area contributed by atoms with Gasteiger partial charge < -0.3 is 11.1 Å². The Labute approximate surface area is 114 Å². The van der Waals surface area contributed by atoms with Crippen LogP contribution in [-0.4, -0.2) is 24.1 Å². The maximum Gasteiger partial charge on any atom is 0.0965 e. The van der Waals surface area contributed by atoms with E-state index in [-0.39, 0.29) is 0 Å². The maximum absolute atomic E-state index is 6.24. The predicted octanol–water partition coefficient (Wildman–Crippen LogP) is 2.74. The molecule has 3 atom stereocenters. The minimum absolute atomic E-state index is 0.398. The zero-order chi connectivity index (χ0) is 12.8. The molecule has 4 heteroatoms. The Balaban J connectivity index is 1.71.